The van der Waals surface area contributed by atoms with Gasteiger partial charge in [0.25, 0.3) is 0 Å². The Morgan fingerprint density at radius 2 is 1.39 bits per heavy atom. The highest BCUT2D eigenvalue weighted by Crippen LogP contribution is 2.47. The quantitative estimate of drug-likeness (QED) is 0.0483. The molecule has 57 heavy (non-hydrogen) atoms. The number of ether oxygens (including phenoxy) is 4. The maximum atomic E-state index is 12.5. The number of fused-ring (bicyclic) bond motifs is 1. The summed E-state index contributed by atoms with van der Waals surface area (Å²) in [5.41, 5.74) is 3.05. The topological polar surface area (TPSA) is 138 Å². The minimum absolute atomic E-state index is 0.0448. The van der Waals surface area contributed by atoms with E-state index in [1.54, 1.807) is 14.2 Å². The number of benzene rings is 3. The summed E-state index contributed by atoms with van der Waals surface area (Å²) in [4.78, 5) is 15.5. The molecule has 0 radical (unpaired) electrons. The lowest BCUT2D eigenvalue weighted by Gasteiger charge is -2.45. The molecule has 4 atom stereocenters. The van der Waals surface area contributed by atoms with Crippen molar-refractivity contribution in [2.75, 3.05) is 34.9 Å². The van der Waals surface area contributed by atoms with Crippen molar-refractivity contribution >= 4 is 31.1 Å². The maximum absolute atomic E-state index is 12.5. The van der Waals surface area contributed by atoms with Crippen LogP contribution in [0.1, 0.15) is 71.4 Å². The van der Waals surface area contributed by atoms with Gasteiger partial charge in [0.15, 0.2) is 23.2 Å². The lowest BCUT2D eigenvalue weighted by molar-refractivity contribution is -0.0961. The van der Waals surface area contributed by atoms with E-state index < -0.39 is 38.5 Å². The second-order valence-corrected chi connectivity index (χ2v) is 21.1. The Kier molecular flexibility index (Phi) is 12.8. The molecule has 0 bridgehead atoms. The Labute approximate surface area is 337 Å². The van der Waals surface area contributed by atoms with Gasteiger partial charge in [0.05, 0.1) is 20.8 Å². The number of methoxy groups -OCH3 is 2. The first-order chi connectivity index (χ1) is 27.3. The van der Waals surface area contributed by atoms with Crippen LogP contribution in [0.25, 0.3) is 11.2 Å². The van der Waals surface area contributed by atoms with Crippen molar-refractivity contribution < 1.29 is 28.5 Å². The van der Waals surface area contributed by atoms with Crippen LogP contribution in [0.15, 0.2) is 90.2 Å². The van der Waals surface area contributed by atoms with Gasteiger partial charge < -0.3 is 33.4 Å². The molecule has 5 aromatic rings. The molecule has 0 unspecified atom stereocenters. The maximum Gasteiger partial charge on any atom is 0.201 e. The largest absolute Gasteiger partial charge is 0.497 e. The first-order valence-electron chi connectivity index (χ1n) is 19.6. The molecular formula is C43H57N7O6Si. The monoisotopic (exact) mass is 795 g/mol. The van der Waals surface area contributed by atoms with E-state index in [0.29, 0.717) is 17.0 Å². The van der Waals surface area contributed by atoms with Crippen LogP contribution in [-0.2, 0) is 19.5 Å². The molecular weight excluding hydrogens is 739 g/mol. The Morgan fingerprint density at radius 1 is 0.842 bits per heavy atom. The van der Waals surface area contributed by atoms with Crippen molar-refractivity contribution in [3.05, 3.63) is 102 Å². The van der Waals surface area contributed by atoms with Crippen molar-refractivity contribution in [3.63, 3.8) is 0 Å². The third-order valence-corrected chi connectivity index (χ3v) is 17.5. The summed E-state index contributed by atoms with van der Waals surface area (Å²) >= 11 is 0. The average molecular weight is 796 g/mol. The van der Waals surface area contributed by atoms with Crippen LogP contribution in [0.2, 0.25) is 16.6 Å². The molecule has 2 aromatic heterocycles. The molecule has 1 saturated heterocycles. The Balaban J connectivity index is 1.49. The van der Waals surface area contributed by atoms with Gasteiger partial charge in [-0.05, 0) is 64.5 Å². The number of hydrogen-bond donors (Lipinski definition) is 1. The summed E-state index contributed by atoms with van der Waals surface area (Å²) in [6.07, 6.45) is -2.23. The molecule has 1 N–H and O–H groups in total. The minimum atomic E-state index is -2.59. The fraction of sp³-hybridized carbons (Fsp3) is 0.465. The highest BCUT2D eigenvalue weighted by Gasteiger charge is 2.55. The van der Waals surface area contributed by atoms with Crippen LogP contribution >= 0.6 is 0 Å². The van der Waals surface area contributed by atoms with Gasteiger partial charge in [-0.25, -0.2) is 15.0 Å². The first-order valence-corrected chi connectivity index (χ1v) is 21.7. The van der Waals surface area contributed by atoms with Gasteiger partial charge in [-0.15, -0.1) is 5.10 Å². The van der Waals surface area contributed by atoms with E-state index in [-0.39, 0.29) is 23.2 Å². The zero-order chi connectivity index (χ0) is 41.1. The van der Waals surface area contributed by atoms with Gasteiger partial charge in [0.2, 0.25) is 8.32 Å². The van der Waals surface area contributed by atoms with Gasteiger partial charge in [0.1, 0.15) is 47.6 Å². The van der Waals surface area contributed by atoms with Crippen LogP contribution in [0.5, 0.6) is 11.5 Å². The standard InChI is InChI=1S/C43H57N7O6Si/c1-27(2)57(28(3)4,29(5)6)56-39-36(55-42(38(39)51)50-41-37(47-48-50)40(44-26-45-41)46-30(7)49(8)9)25-54-43(31-15-13-12-14-16-31,32-17-21-34(52-10)22-18-32)33-19-23-35(53-11)24-20-33/h12-24,26-29,36,38-39,42,51H,25H2,1-11H3/b46-30+/t36-,38-,39-,42-/m1/s1. The number of hydrogen-bond acceptors (Lipinski definition) is 11. The Bertz CT molecular complexity index is 2040. The van der Waals surface area contributed by atoms with Crippen molar-refractivity contribution in [3.8, 4) is 11.5 Å². The third-order valence-electron chi connectivity index (χ3n) is 11.4. The van der Waals surface area contributed by atoms with Crippen molar-refractivity contribution in [2.24, 2.45) is 4.99 Å². The normalized spacial score (nSPS) is 19.2. The van der Waals surface area contributed by atoms with Crippen molar-refractivity contribution in [1.29, 1.82) is 0 Å². The number of aromatic nitrogens is 5. The second kappa shape index (κ2) is 17.4. The van der Waals surface area contributed by atoms with E-state index in [1.165, 1.54) is 11.0 Å². The molecule has 0 aliphatic carbocycles. The highest BCUT2D eigenvalue weighted by atomic mass is 28.4. The molecule has 304 valence electrons. The molecule has 13 nitrogen and oxygen atoms in total. The smallest absolute Gasteiger partial charge is 0.201 e. The molecule has 0 amide bonds. The predicted molar refractivity (Wildman–Crippen MR) is 224 cm³/mol. The van der Waals surface area contributed by atoms with Gasteiger partial charge in [-0.1, -0.05) is 101 Å². The van der Waals surface area contributed by atoms with Crippen LogP contribution < -0.4 is 9.47 Å². The van der Waals surface area contributed by atoms with E-state index >= 15 is 0 Å². The number of rotatable bonds is 15. The number of amidine groups is 1. The van der Waals surface area contributed by atoms with Crippen LogP contribution in [0.4, 0.5) is 5.82 Å². The highest BCUT2D eigenvalue weighted by molar-refractivity contribution is 6.77. The Morgan fingerprint density at radius 3 is 1.89 bits per heavy atom. The second-order valence-electron chi connectivity index (χ2n) is 15.7. The molecule has 1 aliphatic rings. The van der Waals surface area contributed by atoms with Gasteiger partial charge >= 0.3 is 0 Å². The SMILES string of the molecule is COc1ccc(C(OC[C@H]2O[C@@H](n3nnc4c(/N=C(\C)N(C)C)ncnc43)[C@H](O)[C@@H]2O[Si](C(C)C)(C(C)C)C(C)C)(c2ccccc2)c2ccc(OC)cc2)cc1. The van der Waals surface area contributed by atoms with E-state index in [9.17, 15) is 5.11 Å². The van der Waals surface area contributed by atoms with Crippen molar-refractivity contribution in [1.82, 2.24) is 29.9 Å². The first kappa shape index (κ1) is 41.9. The summed E-state index contributed by atoms with van der Waals surface area (Å²) in [5.74, 6) is 2.55. The predicted octanol–water partition coefficient (Wildman–Crippen LogP) is 7.68. The fourth-order valence-corrected chi connectivity index (χ4v) is 14.0. The lowest BCUT2D eigenvalue weighted by Crippen LogP contribution is -2.54. The molecule has 1 aliphatic heterocycles. The molecule has 6 rings (SSSR count). The van der Waals surface area contributed by atoms with Crippen molar-refractivity contribution in [2.45, 2.75) is 95.2 Å². The summed E-state index contributed by atoms with van der Waals surface area (Å²) in [5, 5.41) is 21.4. The number of aliphatic hydroxyl groups excluding tert-OH is 1. The number of aliphatic hydroxyl groups is 1. The molecule has 3 heterocycles. The molecule has 0 saturated carbocycles. The van der Waals surface area contributed by atoms with Crippen LogP contribution in [0, 0.1) is 0 Å². The third kappa shape index (κ3) is 7.93. The number of aliphatic imine (C=N–C) groups is 1. The molecule has 0 spiro atoms. The van der Waals surface area contributed by atoms with Crippen LogP contribution in [0.3, 0.4) is 0 Å². The van der Waals surface area contributed by atoms with E-state index in [4.69, 9.17) is 23.4 Å². The lowest BCUT2D eigenvalue weighted by atomic mass is 9.80. The van der Waals surface area contributed by atoms with Gasteiger partial charge in [0, 0.05) is 14.1 Å². The zero-order valence-electron chi connectivity index (χ0n) is 35.0. The van der Waals surface area contributed by atoms with Crippen LogP contribution in [-0.4, -0.2) is 102 Å². The van der Waals surface area contributed by atoms with E-state index in [0.717, 1.165) is 34.0 Å². The summed E-state index contributed by atoms with van der Waals surface area (Å²) < 4.78 is 34.3. The average Bonchev–Trinajstić information content (AvgIpc) is 3.77. The van der Waals surface area contributed by atoms with E-state index in [2.05, 4.69) is 78.9 Å². The van der Waals surface area contributed by atoms with Gasteiger partial charge in [-0.2, -0.15) is 4.68 Å². The molecule has 1 fully saturated rings. The van der Waals surface area contributed by atoms with E-state index in [1.807, 2.05) is 92.6 Å². The summed E-state index contributed by atoms with van der Waals surface area (Å²) in [6.45, 7) is 15.3. The fourth-order valence-electron chi connectivity index (χ4n) is 8.39. The Hall–Kier alpha value is -4.73. The minimum Gasteiger partial charge on any atom is -0.497 e. The van der Waals surface area contributed by atoms with Gasteiger partial charge in [-0.3, -0.25) is 0 Å². The number of nitrogens with zero attached hydrogens (tertiary/aromatic N) is 7. The summed E-state index contributed by atoms with van der Waals surface area (Å²) in [7, 11) is 4.53. The molecule has 14 heteroatoms. The zero-order valence-corrected chi connectivity index (χ0v) is 36.0. The summed E-state index contributed by atoms with van der Waals surface area (Å²) in [6, 6.07) is 25.9. The molecule has 3 aromatic carbocycles.